The Morgan fingerprint density at radius 3 is 2.17 bits per heavy atom. The highest BCUT2D eigenvalue weighted by Gasteiger charge is 2.11. The van der Waals surface area contributed by atoms with Crippen LogP contribution in [0.15, 0.2) is 29.2 Å². The topological polar surface area (TPSA) is 60.8 Å². The molecule has 0 aliphatic rings. The van der Waals surface area contributed by atoms with Crippen LogP contribution in [0.25, 0.3) is 0 Å². The van der Waals surface area contributed by atoms with E-state index < -0.39 is 0 Å². The Kier molecular flexibility index (Phi) is 6.97. The Labute approximate surface area is 112 Å². The number of Topliss-reactive ketones (excluding diaryl/α,β-unsaturated/α-hetero) is 1. The molecule has 0 spiro atoms. The second-order valence-electron chi connectivity index (χ2n) is 3.88. The fourth-order valence-electron chi connectivity index (χ4n) is 1.62. The van der Waals surface area contributed by atoms with E-state index in [4.69, 9.17) is 10.2 Å². The minimum absolute atomic E-state index is 0.00422. The minimum atomic E-state index is -0.0152. The van der Waals surface area contributed by atoms with Crippen molar-refractivity contribution in [3.8, 4) is 0 Å². The average Bonchev–Trinajstić information content (AvgIpc) is 2.39. The zero-order valence-corrected chi connectivity index (χ0v) is 11.3. The van der Waals surface area contributed by atoms with E-state index in [-0.39, 0.29) is 25.5 Å². The second kappa shape index (κ2) is 8.26. The molecule has 1 rings (SSSR count). The lowest BCUT2D eigenvalue weighted by Crippen LogP contribution is -2.34. The van der Waals surface area contributed by atoms with Gasteiger partial charge in [0.25, 0.3) is 0 Å². The maximum Gasteiger partial charge on any atom is 0.176 e. The molecule has 2 N–H and O–H groups in total. The first-order valence-electron chi connectivity index (χ1n) is 5.82. The number of thioether (sulfide) groups is 1. The van der Waals surface area contributed by atoms with Gasteiger partial charge in [-0.3, -0.25) is 9.69 Å². The number of ketones is 1. The summed E-state index contributed by atoms with van der Waals surface area (Å²) in [5, 5.41) is 17.8. The zero-order chi connectivity index (χ0) is 13.4. The lowest BCUT2D eigenvalue weighted by molar-refractivity contribution is 0.0894. The Hall–Kier alpha value is -0.880. The van der Waals surface area contributed by atoms with E-state index in [0.29, 0.717) is 18.7 Å². The molecule has 1 aromatic rings. The smallest absolute Gasteiger partial charge is 0.176 e. The number of aliphatic hydroxyl groups is 2. The van der Waals surface area contributed by atoms with Gasteiger partial charge in [0, 0.05) is 23.5 Å². The van der Waals surface area contributed by atoms with Crippen LogP contribution in [-0.2, 0) is 0 Å². The van der Waals surface area contributed by atoms with Crippen LogP contribution in [0.4, 0.5) is 0 Å². The molecule has 5 heteroatoms. The third-order valence-corrected chi connectivity index (χ3v) is 3.36. The zero-order valence-electron chi connectivity index (χ0n) is 10.5. The Morgan fingerprint density at radius 2 is 1.72 bits per heavy atom. The molecule has 0 amide bonds. The Morgan fingerprint density at radius 1 is 1.17 bits per heavy atom. The molecule has 0 heterocycles. The molecule has 18 heavy (non-hydrogen) atoms. The van der Waals surface area contributed by atoms with Gasteiger partial charge in [0.05, 0.1) is 19.8 Å². The fourth-order valence-corrected chi connectivity index (χ4v) is 2.03. The van der Waals surface area contributed by atoms with Crippen molar-refractivity contribution in [2.75, 3.05) is 39.1 Å². The number of carbonyl (C=O) groups is 1. The van der Waals surface area contributed by atoms with Crippen LogP contribution in [0, 0.1) is 0 Å². The number of hydrogen-bond donors (Lipinski definition) is 2. The summed E-state index contributed by atoms with van der Waals surface area (Å²) in [6.07, 6.45) is 1.99. The van der Waals surface area contributed by atoms with Crippen molar-refractivity contribution in [3.05, 3.63) is 29.8 Å². The highest BCUT2D eigenvalue weighted by molar-refractivity contribution is 7.98. The van der Waals surface area contributed by atoms with Crippen LogP contribution in [-0.4, -0.2) is 60.0 Å². The number of carbonyl (C=O) groups excluding carboxylic acids is 1. The van der Waals surface area contributed by atoms with E-state index in [9.17, 15) is 4.79 Å². The van der Waals surface area contributed by atoms with Crippen molar-refractivity contribution in [2.24, 2.45) is 0 Å². The van der Waals surface area contributed by atoms with E-state index in [1.165, 1.54) is 0 Å². The first kappa shape index (κ1) is 15.2. The molecule has 0 fully saturated rings. The van der Waals surface area contributed by atoms with Crippen LogP contribution < -0.4 is 0 Å². The van der Waals surface area contributed by atoms with Gasteiger partial charge in [0.1, 0.15) is 0 Å². The molecule has 0 saturated heterocycles. The molecule has 0 unspecified atom stereocenters. The van der Waals surface area contributed by atoms with Gasteiger partial charge < -0.3 is 10.2 Å². The highest BCUT2D eigenvalue weighted by atomic mass is 32.2. The first-order valence-corrected chi connectivity index (χ1v) is 7.05. The lowest BCUT2D eigenvalue weighted by Gasteiger charge is -2.19. The maximum absolute atomic E-state index is 12.0. The van der Waals surface area contributed by atoms with Crippen molar-refractivity contribution in [3.63, 3.8) is 0 Å². The van der Waals surface area contributed by atoms with Crippen LogP contribution in [0.3, 0.4) is 0 Å². The number of aliphatic hydroxyl groups excluding tert-OH is 2. The van der Waals surface area contributed by atoms with Gasteiger partial charge in [-0.2, -0.15) is 0 Å². The third-order valence-electron chi connectivity index (χ3n) is 2.61. The van der Waals surface area contributed by atoms with E-state index >= 15 is 0 Å². The normalized spacial score (nSPS) is 10.9. The summed E-state index contributed by atoms with van der Waals surface area (Å²) in [6.45, 7) is 0.988. The summed E-state index contributed by atoms with van der Waals surface area (Å²) in [4.78, 5) is 14.9. The summed E-state index contributed by atoms with van der Waals surface area (Å²) in [5.74, 6) is 0.00422. The number of benzene rings is 1. The second-order valence-corrected chi connectivity index (χ2v) is 4.75. The maximum atomic E-state index is 12.0. The van der Waals surface area contributed by atoms with Crippen LogP contribution in [0.5, 0.6) is 0 Å². The molecular weight excluding hydrogens is 250 g/mol. The molecule has 0 saturated carbocycles. The third kappa shape index (κ3) is 4.78. The largest absolute Gasteiger partial charge is 0.395 e. The number of rotatable bonds is 8. The summed E-state index contributed by atoms with van der Waals surface area (Å²) in [7, 11) is 0. The van der Waals surface area contributed by atoms with Gasteiger partial charge in [-0.25, -0.2) is 0 Å². The van der Waals surface area contributed by atoms with E-state index in [0.717, 1.165) is 4.90 Å². The van der Waals surface area contributed by atoms with Crippen LogP contribution in [0.2, 0.25) is 0 Å². The summed E-state index contributed by atoms with van der Waals surface area (Å²) in [6, 6.07) is 7.45. The molecule has 4 nitrogen and oxygen atoms in total. The molecule has 0 bridgehead atoms. The minimum Gasteiger partial charge on any atom is -0.395 e. The molecule has 100 valence electrons. The van der Waals surface area contributed by atoms with Gasteiger partial charge in [-0.15, -0.1) is 11.8 Å². The van der Waals surface area contributed by atoms with E-state index in [2.05, 4.69) is 0 Å². The molecule has 0 aliphatic carbocycles. The van der Waals surface area contributed by atoms with Gasteiger partial charge in [0.2, 0.25) is 0 Å². The van der Waals surface area contributed by atoms with Crippen molar-refractivity contribution in [2.45, 2.75) is 4.90 Å². The van der Waals surface area contributed by atoms with Gasteiger partial charge in [0.15, 0.2) is 5.78 Å². The van der Waals surface area contributed by atoms with Crippen LogP contribution >= 0.6 is 11.8 Å². The van der Waals surface area contributed by atoms with Gasteiger partial charge >= 0.3 is 0 Å². The Bertz CT molecular complexity index is 361. The lowest BCUT2D eigenvalue weighted by atomic mass is 10.1. The monoisotopic (exact) mass is 269 g/mol. The molecular formula is C13H19NO3S. The van der Waals surface area contributed by atoms with Gasteiger partial charge in [-0.1, -0.05) is 12.1 Å². The summed E-state index contributed by atoms with van der Waals surface area (Å²) < 4.78 is 0. The highest BCUT2D eigenvalue weighted by Crippen LogP contribution is 2.15. The van der Waals surface area contributed by atoms with Crippen molar-refractivity contribution >= 4 is 17.5 Å². The molecule has 0 aliphatic heterocycles. The number of nitrogens with zero attached hydrogens (tertiary/aromatic N) is 1. The Balaban J connectivity index is 2.61. The molecule has 1 aromatic carbocycles. The standard InChI is InChI=1S/C13H19NO3S/c1-18-12-4-2-11(3-5-12)13(17)10-14(6-8-15)7-9-16/h2-5,15-16H,6-10H2,1H3. The van der Waals surface area contributed by atoms with Gasteiger partial charge in [-0.05, 0) is 18.4 Å². The van der Waals surface area contributed by atoms with Crippen molar-refractivity contribution < 1.29 is 15.0 Å². The predicted molar refractivity (Wildman–Crippen MR) is 73.2 cm³/mol. The fraction of sp³-hybridized carbons (Fsp3) is 0.462. The molecule has 0 aromatic heterocycles. The average molecular weight is 269 g/mol. The van der Waals surface area contributed by atoms with Crippen LogP contribution in [0.1, 0.15) is 10.4 Å². The molecule has 0 atom stereocenters. The number of hydrogen-bond acceptors (Lipinski definition) is 5. The first-order chi connectivity index (χ1) is 8.71. The summed E-state index contributed by atoms with van der Waals surface area (Å²) >= 11 is 1.63. The van der Waals surface area contributed by atoms with Crippen molar-refractivity contribution in [1.82, 2.24) is 4.90 Å². The summed E-state index contributed by atoms with van der Waals surface area (Å²) in [5.41, 5.74) is 0.661. The van der Waals surface area contributed by atoms with E-state index in [1.54, 1.807) is 16.7 Å². The van der Waals surface area contributed by atoms with E-state index in [1.807, 2.05) is 30.5 Å². The van der Waals surface area contributed by atoms with Crippen molar-refractivity contribution in [1.29, 1.82) is 0 Å². The quantitative estimate of drug-likeness (QED) is 0.542. The molecule has 0 radical (unpaired) electrons. The predicted octanol–water partition coefficient (Wildman–Crippen LogP) is 0.878. The SMILES string of the molecule is CSc1ccc(C(=O)CN(CCO)CCO)cc1.